The fraction of sp³-hybridized carbons (Fsp3) is 0. The van der Waals surface area contributed by atoms with Gasteiger partial charge in [0.1, 0.15) is 5.76 Å². The number of rotatable bonds is 3. The number of pyridine rings is 1. The molecular formula is C23H13Cl2N3O2. The second-order valence-corrected chi connectivity index (χ2v) is 7.47. The van der Waals surface area contributed by atoms with E-state index in [0.29, 0.717) is 32.6 Å². The predicted octanol–water partition coefficient (Wildman–Crippen LogP) is 6.22. The van der Waals surface area contributed by atoms with Crippen LogP contribution >= 0.6 is 23.2 Å². The molecule has 0 amide bonds. The van der Waals surface area contributed by atoms with E-state index in [4.69, 9.17) is 27.6 Å². The average Bonchev–Trinajstić information content (AvgIpc) is 3.21. The third-order valence-electron chi connectivity index (χ3n) is 4.73. The minimum absolute atomic E-state index is 0.167. The van der Waals surface area contributed by atoms with Crippen LogP contribution in [0.2, 0.25) is 10.0 Å². The van der Waals surface area contributed by atoms with Crippen molar-refractivity contribution < 1.29 is 4.42 Å². The first kappa shape index (κ1) is 18.6. The summed E-state index contributed by atoms with van der Waals surface area (Å²) in [5, 5.41) is 0.701. The molecule has 7 heteroatoms. The van der Waals surface area contributed by atoms with Gasteiger partial charge in [0.05, 0.1) is 21.1 Å². The van der Waals surface area contributed by atoms with Crippen LogP contribution in [0.4, 0.5) is 0 Å². The van der Waals surface area contributed by atoms with Gasteiger partial charge in [0.2, 0.25) is 0 Å². The molecule has 30 heavy (non-hydrogen) atoms. The number of fused-ring (bicyclic) bond motifs is 1. The SMILES string of the molecule is O=c1[nH]c2cc(Cl)c(Cl)cc2nc1-c1oc(-c2ccncc2)cc1-c1ccccc1. The number of hydrogen-bond donors (Lipinski definition) is 1. The number of furan rings is 1. The third-order valence-corrected chi connectivity index (χ3v) is 5.45. The van der Waals surface area contributed by atoms with E-state index in [-0.39, 0.29) is 11.3 Å². The highest BCUT2D eigenvalue weighted by atomic mass is 35.5. The molecule has 0 fully saturated rings. The van der Waals surface area contributed by atoms with Crippen molar-refractivity contribution in [3.63, 3.8) is 0 Å². The normalized spacial score (nSPS) is 11.1. The highest BCUT2D eigenvalue weighted by Gasteiger charge is 2.20. The maximum Gasteiger partial charge on any atom is 0.278 e. The Morgan fingerprint density at radius 3 is 2.37 bits per heavy atom. The minimum Gasteiger partial charge on any atom is -0.454 e. The summed E-state index contributed by atoms with van der Waals surface area (Å²) in [6.07, 6.45) is 3.37. The van der Waals surface area contributed by atoms with Crippen molar-refractivity contribution in [1.82, 2.24) is 15.0 Å². The van der Waals surface area contributed by atoms with Gasteiger partial charge >= 0.3 is 0 Å². The van der Waals surface area contributed by atoms with E-state index in [1.165, 1.54) is 0 Å². The summed E-state index contributed by atoms with van der Waals surface area (Å²) >= 11 is 12.2. The van der Waals surface area contributed by atoms with Crippen molar-refractivity contribution in [2.24, 2.45) is 0 Å². The first-order chi connectivity index (χ1) is 14.6. The Kier molecular flexibility index (Phi) is 4.62. The molecule has 0 saturated carbocycles. The molecule has 5 aromatic rings. The van der Waals surface area contributed by atoms with E-state index in [9.17, 15) is 4.79 Å². The number of hydrogen-bond acceptors (Lipinski definition) is 4. The maximum atomic E-state index is 12.9. The maximum absolute atomic E-state index is 12.9. The van der Waals surface area contributed by atoms with E-state index in [1.807, 2.05) is 48.5 Å². The van der Waals surface area contributed by atoms with Gasteiger partial charge in [0.25, 0.3) is 5.56 Å². The topological polar surface area (TPSA) is 71.8 Å². The smallest absolute Gasteiger partial charge is 0.278 e. The molecule has 0 aliphatic rings. The molecule has 5 rings (SSSR count). The Labute approximate surface area is 181 Å². The van der Waals surface area contributed by atoms with Crippen LogP contribution in [0.3, 0.4) is 0 Å². The van der Waals surface area contributed by atoms with Crippen LogP contribution in [0.25, 0.3) is 44.9 Å². The summed E-state index contributed by atoms with van der Waals surface area (Å²) < 4.78 is 6.16. The molecule has 3 aromatic heterocycles. The van der Waals surface area contributed by atoms with Crippen LogP contribution in [-0.4, -0.2) is 15.0 Å². The Morgan fingerprint density at radius 2 is 1.60 bits per heavy atom. The number of halogens is 2. The average molecular weight is 434 g/mol. The minimum atomic E-state index is -0.381. The number of H-pyrrole nitrogens is 1. The van der Waals surface area contributed by atoms with Crippen LogP contribution in [0.1, 0.15) is 0 Å². The molecule has 0 radical (unpaired) electrons. The molecule has 1 N–H and O–H groups in total. The number of aromatic amines is 1. The molecule has 2 aromatic carbocycles. The van der Waals surface area contributed by atoms with Gasteiger partial charge in [0, 0.05) is 23.5 Å². The van der Waals surface area contributed by atoms with Crippen molar-refractivity contribution in [2.75, 3.05) is 0 Å². The Morgan fingerprint density at radius 1 is 0.867 bits per heavy atom. The molecule has 3 heterocycles. The first-order valence-corrected chi connectivity index (χ1v) is 9.85. The summed E-state index contributed by atoms with van der Waals surface area (Å²) in [4.78, 5) is 24.3. The van der Waals surface area contributed by atoms with E-state index < -0.39 is 0 Å². The largest absolute Gasteiger partial charge is 0.454 e. The summed E-state index contributed by atoms with van der Waals surface area (Å²) in [6.45, 7) is 0. The second kappa shape index (κ2) is 7.44. The van der Waals surface area contributed by atoms with Gasteiger partial charge in [-0.2, -0.15) is 0 Å². The zero-order valence-electron chi connectivity index (χ0n) is 15.4. The summed E-state index contributed by atoms with van der Waals surface area (Å²) in [5.74, 6) is 0.990. The number of aromatic nitrogens is 3. The summed E-state index contributed by atoms with van der Waals surface area (Å²) in [5.41, 5.74) is 3.32. The van der Waals surface area contributed by atoms with E-state index in [0.717, 1.165) is 16.7 Å². The Hall–Kier alpha value is -3.41. The summed E-state index contributed by atoms with van der Waals surface area (Å²) in [7, 11) is 0. The Balaban J connectivity index is 1.77. The van der Waals surface area contributed by atoms with Crippen molar-refractivity contribution >= 4 is 34.2 Å². The standard InChI is InChI=1S/C23H13Cl2N3O2/c24-16-11-18-19(12-17(16)25)28-23(29)21(27-18)22-15(13-4-2-1-3-5-13)10-20(30-22)14-6-8-26-9-7-14/h1-12H,(H,28,29). The quantitative estimate of drug-likeness (QED) is 0.366. The zero-order chi connectivity index (χ0) is 20.7. The van der Waals surface area contributed by atoms with Crippen molar-refractivity contribution in [1.29, 1.82) is 0 Å². The second-order valence-electron chi connectivity index (χ2n) is 6.65. The molecule has 0 aliphatic carbocycles. The lowest BCUT2D eigenvalue weighted by molar-refractivity contribution is 0.595. The number of nitrogens with zero attached hydrogens (tertiary/aromatic N) is 2. The molecule has 0 atom stereocenters. The van der Waals surface area contributed by atoms with Gasteiger partial charge in [-0.05, 0) is 35.9 Å². The molecule has 0 unspecified atom stereocenters. The number of nitrogens with one attached hydrogen (secondary N) is 1. The first-order valence-electron chi connectivity index (χ1n) is 9.09. The molecule has 146 valence electrons. The molecular weight excluding hydrogens is 421 g/mol. The lowest BCUT2D eigenvalue weighted by Crippen LogP contribution is -2.11. The molecule has 5 nitrogen and oxygen atoms in total. The lowest BCUT2D eigenvalue weighted by Gasteiger charge is -2.05. The third kappa shape index (κ3) is 3.28. The lowest BCUT2D eigenvalue weighted by atomic mass is 10.0. The fourth-order valence-electron chi connectivity index (χ4n) is 3.29. The van der Waals surface area contributed by atoms with Gasteiger partial charge in [-0.15, -0.1) is 0 Å². The molecule has 0 spiro atoms. The van der Waals surface area contributed by atoms with Crippen LogP contribution < -0.4 is 5.56 Å². The highest BCUT2D eigenvalue weighted by molar-refractivity contribution is 6.42. The molecule has 0 bridgehead atoms. The van der Waals surface area contributed by atoms with Gasteiger partial charge < -0.3 is 9.40 Å². The van der Waals surface area contributed by atoms with Crippen molar-refractivity contribution in [3.8, 4) is 33.9 Å². The van der Waals surface area contributed by atoms with E-state index >= 15 is 0 Å². The van der Waals surface area contributed by atoms with Gasteiger partial charge in [0.15, 0.2) is 11.5 Å². The highest BCUT2D eigenvalue weighted by Crippen LogP contribution is 2.37. The molecule has 0 saturated heterocycles. The van der Waals surface area contributed by atoms with Crippen LogP contribution in [0.5, 0.6) is 0 Å². The van der Waals surface area contributed by atoms with E-state index in [2.05, 4.69) is 15.0 Å². The monoisotopic (exact) mass is 433 g/mol. The van der Waals surface area contributed by atoms with Crippen molar-refractivity contribution in [2.45, 2.75) is 0 Å². The fourth-order valence-corrected chi connectivity index (χ4v) is 3.61. The van der Waals surface area contributed by atoms with Gasteiger partial charge in [-0.25, -0.2) is 4.98 Å². The van der Waals surface area contributed by atoms with E-state index in [1.54, 1.807) is 24.5 Å². The summed E-state index contributed by atoms with van der Waals surface area (Å²) in [6, 6.07) is 18.5. The zero-order valence-corrected chi connectivity index (χ0v) is 16.9. The van der Waals surface area contributed by atoms with Gasteiger partial charge in [-0.3, -0.25) is 9.78 Å². The van der Waals surface area contributed by atoms with Crippen LogP contribution in [-0.2, 0) is 0 Å². The molecule has 0 aliphatic heterocycles. The van der Waals surface area contributed by atoms with Crippen molar-refractivity contribution in [3.05, 3.63) is 93.5 Å². The van der Waals surface area contributed by atoms with Crippen LogP contribution in [0.15, 0.2) is 82.3 Å². The number of benzene rings is 2. The predicted molar refractivity (Wildman–Crippen MR) is 119 cm³/mol. The van der Waals surface area contributed by atoms with Gasteiger partial charge in [-0.1, -0.05) is 53.5 Å². The van der Waals surface area contributed by atoms with Crippen LogP contribution in [0, 0.1) is 0 Å². The Bertz CT molecular complexity index is 1430.